The smallest absolute Gasteiger partial charge is 0.243 e. The van der Waals surface area contributed by atoms with Crippen LogP contribution in [0.25, 0.3) is 0 Å². The van der Waals surface area contributed by atoms with Crippen molar-refractivity contribution in [3.8, 4) is 0 Å². The number of carbonyl (C=O) groups excluding carboxylic acids is 1. The molecule has 1 fully saturated rings. The Morgan fingerprint density at radius 2 is 2.04 bits per heavy atom. The first-order valence-electron chi connectivity index (χ1n) is 8.39. The molecule has 1 aromatic carbocycles. The first-order valence-corrected chi connectivity index (χ1v) is 9.83. The van der Waals surface area contributed by atoms with E-state index in [0.29, 0.717) is 25.9 Å². The van der Waals surface area contributed by atoms with Gasteiger partial charge in [-0.1, -0.05) is 6.07 Å². The fourth-order valence-corrected chi connectivity index (χ4v) is 4.49. The number of nitrogens with one attached hydrogen (secondary N) is 1. The number of pyridine rings is 1. The Bertz CT molecular complexity index is 857. The normalized spacial score (nSPS) is 18.4. The number of piperidine rings is 1. The van der Waals surface area contributed by atoms with Crippen LogP contribution in [0.5, 0.6) is 0 Å². The molecule has 0 aliphatic carbocycles. The van der Waals surface area contributed by atoms with Gasteiger partial charge in [0.25, 0.3) is 0 Å². The van der Waals surface area contributed by atoms with Crippen LogP contribution in [0.2, 0.25) is 0 Å². The number of rotatable bonds is 5. The molecule has 2 heterocycles. The molecule has 1 aromatic heterocycles. The van der Waals surface area contributed by atoms with E-state index in [0.717, 1.165) is 17.7 Å². The van der Waals surface area contributed by atoms with Gasteiger partial charge in [0.15, 0.2) is 0 Å². The second kappa shape index (κ2) is 7.92. The number of hydrogen-bond donors (Lipinski definition) is 1. The summed E-state index contributed by atoms with van der Waals surface area (Å²) in [5.74, 6) is -1.07. The Hall–Kier alpha value is -2.32. The van der Waals surface area contributed by atoms with Crippen LogP contribution in [0.15, 0.2) is 53.7 Å². The lowest BCUT2D eigenvalue weighted by Crippen LogP contribution is -2.45. The van der Waals surface area contributed by atoms with Crippen LogP contribution in [0.1, 0.15) is 18.4 Å². The van der Waals surface area contributed by atoms with Crippen LogP contribution in [-0.4, -0.2) is 36.7 Å². The number of nitrogens with zero attached hydrogens (tertiary/aromatic N) is 2. The van der Waals surface area contributed by atoms with Crippen molar-refractivity contribution in [1.82, 2.24) is 14.6 Å². The molecule has 6 nitrogen and oxygen atoms in total. The number of carbonyl (C=O) groups is 1. The van der Waals surface area contributed by atoms with Gasteiger partial charge < -0.3 is 5.32 Å². The minimum atomic E-state index is -3.74. The van der Waals surface area contributed by atoms with E-state index in [1.807, 2.05) is 6.07 Å². The SMILES string of the molecule is O=C(NCc1cccnc1)C1CCCN(S(=O)(=O)c2ccc(F)cc2)C1. The van der Waals surface area contributed by atoms with E-state index >= 15 is 0 Å². The minimum absolute atomic E-state index is 0.0373. The van der Waals surface area contributed by atoms with Crippen molar-refractivity contribution in [1.29, 1.82) is 0 Å². The molecule has 1 N–H and O–H groups in total. The summed E-state index contributed by atoms with van der Waals surface area (Å²) in [4.78, 5) is 16.5. The zero-order chi connectivity index (χ0) is 18.6. The Morgan fingerprint density at radius 1 is 1.27 bits per heavy atom. The van der Waals surface area contributed by atoms with Gasteiger partial charge in [-0.3, -0.25) is 9.78 Å². The van der Waals surface area contributed by atoms with Gasteiger partial charge in [-0.25, -0.2) is 12.8 Å². The highest BCUT2D eigenvalue weighted by molar-refractivity contribution is 7.89. The number of halogens is 1. The summed E-state index contributed by atoms with van der Waals surface area (Å²) in [6, 6.07) is 8.38. The Morgan fingerprint density at radius 3 is 2.73 bits per heavy atom. The zero-order valence-electron chi connectivity index (χ0n) is 14.1. The van der Waals surface area contributed by atoms with Crippen LogP contribution in [0, 0.1) is 11.7 Å². The van der Waals surface area contributed by atoms with Crippen LogP contribution in [0.3, 0.4) is 0 Å². The number of amides is 1. The average molecular weight is 377 g/mol. The van der Waals surface area contributed by atoms with Crippen LogP contribution < -0.4 is 5.32 Å². The standard InChI is InChI=1S/C18H20FN3O3S/c19-16-5-7-17(8-6-16)26(24,25)22-10-2-4-15(13-22)18(23)21-12-14-3-1-9-20-11-14/h1,3,5-9,11,15H,2,4,10,12-13H2,(H,21,23). The van der Waals surface area contributed by atoms with Crippen molar-refractivity contribution in [2.45, 2.75) is 24.3 Å². The first kappa shape index (κ1) is 18.5. The zero-order valence-corrected chi connectivity index (χ0v) is 15.0. The molecule has 0 bridgehead atoms. The van der Waals surface area contributed by atoms with E-state index in [4.69, 9.17) is 0 Å². The Kier molecular flexibility index (Phi) is 5.63. The Balaban J connectivity index is 1.64. The molecule has 3 rings (SSSR count). The van der Waals surface area contributed by atoms with E-state index in [9.17, 15) is 17.6 Å². The summed E-state index contributed by atoms with van der Waals surface area (Å²) in [7, 11) is -3.74. The van der Waals surface area contributed by atoms with Gasteiger partial charge in [-0.15, -0.1) is 0 Å². The molecule has 0 saturated carbocycles. The summed E-state index contributed by atoms with van der Waals surface area (Å²) >= 11 is 0. The maximum Gasteiger partial charge on any atom is 0.243 e. The number of benzene rings is 1. The summed E-state index contributed by atoms with van der Waals surface area (Å²) in [6.45, 7) is 0.832. The third-order valence-electron chi connectivity index (χ3n) is 4.40. The number of sulfonamides is 1. The summed E-state index contributed by atoms with van der Waals surface area (Å²) in [5.41, 5.74) is 0.882. The first-order chi connectivity index (χ1) is 12.5. The quantitative estimate of drug-likeness (QED) is 0.864. The van der Waals surface area contributed by atoms with Gasteiger partial charge >= 0.3 is 0 Å². The summed E-state index contributed by atoms with van der Waals surface area (Å²) in [6.07, 6.45) is 4.57. The monoisotopic (exact) mass is 377 g/mol. The molecule has 0 spiro atoms. The van der Waals surface area contributed by atoms with E-state index in [1.54, 1.807) is 18.5 Å². The lowest BCUT2D eigenvalue weighted by atomic mass is 9.99. The van der Waals surface area contributed by atoms with Crippen molar-refractivity contribution < 1.29 is 17.6 Å². The molecule has 1 aliphatic heterocycles. The fourth-order valence-electron chi connectivity index (χ4n) is 2.97. The van der Waals surface area contributed by atoms with Gasteiger partial charge in [-0.05, 0) is 48.7 Å². The van der Waals surface area contributed by atoms with Gasteiger partial charge in [0.1, 0.15) is 5.82 Å². The van der Waals surface area contributed by atoms with Crippen molar-refractivity contribution in [3.63, 3.8) is 0 Å². The molecular weight excluding hydrogens is 357 g/mol. The van der Waals surface area contributed by atoms with Crippen molar-refractivity contribution in [2.75, 3.05) is 13.1 Å². The molecule has 2 aromatic rings. The van der Waals surface area contributed by atoms with Crippen LogP contribution >= 0.6 is 0 Å². The predicted molar refractivity (Wildman–Crippen MR) is 94.0 cm³/mol. The van der Waals surface area contributed by atoms with E-state index < -0.39 is 21.8 Å². The van der Waals surface area contributed by atoms with E-state index in [1.165, 1.54) is 16.4 Å². The van der Waals surface area contributed by atoms with Gasteiger partial charge in [-0.2, -0.15) is 4.31 Å². The molecule has 138 valence electrons. The second-order valence-corrected chi connectivity index (χ2v) is 8.17. The summed E-state index contributed by atoms with van der Waals surface area (Å²) < 4.78 is 39.8. The molecule has 0 radical (unpaired) electrons. The number of aromatic nitrogens is 1. The Labute approximate surface area is 152 Å². The van der Waals surface area contributed by atoms with Crippen LogP contribution in [-0.2, 0) is 21.4 Å². The highest BCUT2D eigenvalue weighted by atomic mass is 32.2. The number of hydrogen-bond acceptors (Lipinski definition) is 4. The highest BCUT2D eigenvalue weighted by Gasteiger charge is 2.33. The fraction of sp³-hybridized carbons (Fsp3) is 0.333. The predicted octanol–water partition coefficient (Wildman–Crippen LogP) is 1.94. The van der Waals surface area contributed by atoms with Gasteiger partial charge in [0.2, 0.25) is 15.9 Å². The summed E-state index contributed by atoms with van der Waals surface area (Å²) in [5, 5.41) is 2.84. The van der Waals surface area contributed by atoms with Crippen molar-refractivity contribution >= 4 is 15.9 Å². The molecule has 26 heavy (non-hydrogen) atoms. The van der Waals surface area contributed by atoms with E-state index in [-0.39, 0.29) is 17.3 Å². The average Bonchev–Trinajstić information content (AvgIpc) is 2.67. The topological polar surface area (TPSA) is 79.4 Å². The molecule has 1 saturated heterocycles. The maximum atomic E-state index is 13.0. The molecule has 1 aliphatic rings. The minimum Gasteiger partial charge on any atom is -0.352 e. The van der Waals surface area contributed by atoms with Crippen molar-refractivity contribution in [3.05, 3.63) is 60.2 Å². The van der Waals surface area contributed by atoms with Gasteiger partial charge in [0.05, 0.1) is 10.8 Å². The third kappa shape index (κ3) is 4.25. The lowest BCUT2D eigenvalue weighted by molar-refractivity contribution is -0.126. The van der Waals surface area contributed by atoms with E-state index in [2.05, 4.69) is 10.3 Å². The lowest BCUT2D eigenvalue weighted by Gasteiger charge is -2.31. The molecule has 1 atom stereocenters. The van der Waals surface area contributed by atoms with Crippen LogP contribution in [0.4, 0.5) is 4.39 Å². The third-order valence-corrected chi connectivity index (χ3v) is 6.28. The highest BCUT2D eigenvalue weighted by Crippen LogP contribution is 2.24. The second-order valence-electron chi connectivity index (χ2n) is 6.24. The maximum absolute atomic E-state index is 13.0. The molecule has 1 amide bonds. The molecular formula is C18H20FN3O3S. The molecule has 1 unspecified atom stereocenters. The van der Waals surface area contributed by atoms with Crippen molar-refractivity contribution in [2.24, 2.45) is 5.92 Å². The van der Waals surface area contributed by atoms with Gasteiger partial charge in [0, 0.05) is 32.0 Å². The molecule has 8 heteroatoms. The largest absolute Gasteiger partial charge is 0.352 e.